The first-order valence-corrected chi connectivity index (χ1v) is 7.93. The zero-order valence-electron chi connectivity index (χ0n) is 15.2. The van der Waals surface area contributed by atoms with Crippen LogP contribution in [0.5, 0.6) is 0 Å². The van der Waals surface area contributed by atoms with Crippen LogP contribution in [0.1, 0.15) is 39.8 Å². The Morgan fingerprint density at radius 1 is 1.35 bits per heavy atom. The van der Waals surface area contributed by atoms with Crippen LogP contribution in [0.4, 0.5) is 24.7 Å². The lowest BCUT2D eigenvalue weighted by Gasteiger charge is -2.28. The molecule has 0 aliphatic carbocycles. The van der Waals surface area contributed by atoms with Gasteiger partial charge in [-0.3, -0.25) is 19.6 Å². The first kappa shape index (κ1) is 20.0. The highest BCUT2D eigenvalue weighted by molar-refractivity contribution is 5.79. The Morgan fingerprint density at radius 3 is 2.38 bits per heavy atom. The summed E-state index contributed by atoms with van der Waals surface area (Å²) >= 11 is 0. The highest BCUT2D eigenvalue weighted by Gasteiger charge is 2.49. The highest BCUT2D eigenvalue weighted by atomic mass is 19.4. The van der Waals surface area contributed by atoms with Gasteiger partial charge in [0.1, 0.15) is 5.60 Å². The Balaban J connectivity index is 2.37. The average molecular weight is 378 g/mol. The molecule has 0 amide bonds. The topological polar surface area (TPSA) is 90.5 Å². The maximum atomic E-state index is 13.2. The van der Waals surface area contributed by atoms with E-state index < -0.39 is 45.3 Å². The van der Waals surface area contributed by atoms with Crippen LogP contribution in [0, 0.1) is 15.5 Å². The van der Waals surface area contributed by atoms with Crippen molar-refractivity contribution in [3.63, 3.8) is 0 Å². The van der Waals surface area contributed by atoms with Gasteiger partial charge in [0, 0.05) is 20.1 Å². The summed E-state index contributed by atoms with van der Waals surface area (Å²) in [5.41, 5.74) is -4.23. The van der Waals surface area contributed by atoms with Gasteiger partial charge in [0.25, 0.3) is 0 Å². The second-order valence-corrected chi connectivity index (χ2v) is 7.63. The number of ether oxygens (including phenoxy) is 1. The smallest absolute Gasteiger partial charge is 0.440 e. The lowest BCUT2D eigenvalue weighted by Crippen LogP contribution is -2.38. The normalized spacial score (nSPS) is 21.2. The standard InChI is InChI=1S/C15H21F3N4O4/c1-13(2,3)26-12(23)14(4)6-7-21(8-14)11-9(22(24)25)10(15(16,17)18)20(5)19-11/h6-8H2,1-5H3. The quantitative estimate of drug-likeness (QED) is 0.456. The van der Waals surface area contributed by atoms with Gasteiger partial charge >= 0.3 is 17.8 Å². The minimum atomic E-state index is -4.92. The van der Waals surface area contributed by atoms with Crippen LogP contribution in [0.2, 0.25) is 0 Å². The summed E-state index contributed by atoms with van der Waals surface area (Å²) in [6, 6.07) is 0. The maximum Gasteiger partial charge on any atom is 0.440 e. The van der Waals surface area contributed by atoms with Gasteiger partial charge in [-0.25, -0.2) is 0 Å². The number of rotatable bonds is 3. The molecule has 0 aromatic carbocycles. The monoisotopic (exact) mass is 378 g/mol. The number of carbonyl (C=O) groups excluding carboxylic acids is 1. The van der Waals surface area contributed by atoms with Crippen LogP contribution in [0.25, 0.3) is 0 Å². The van der Waals surface area contributed by atoms with Crippen LogP contribution >= 0.6 is 0 Å². The van der Waals surface area contributed by atoms with Crippen molar-refractivity contribution < 1.29 is 27.6 Å². The first-order valence-electron chi connectivity index (χ1n) is 7.93. The van der Waals surface area contributed by atoms with Gasteiger partial charge < -0.3 is 9.64 Å². The predicted molar refractivity (Wildman–Crippen MR) is 85.6 cm³/mol. The van der Waals surface area contributed by atoms with Crippen molar-refractivity contribution in [3.05, 3.63) is 15.8 Å². The summed E-state index contributed by atoms with van der Waals surface area (Å²) in [6.07, 6.45) is -4.63. The number of nitro groups is 1. The lowest BCUT2D eigenvalue weighted by molar-refractivity contribution is -0.387. The first-order chi connectivity index (χ1) is 11.7. The predicted octanol–water partition coefficient (Wildman–Crippen LogP) is 2.91. The number of hydrogen-bond donors (Lipinski definition) is 0. The summed E-state index contributed by atoms with van der Waals surface area (Å²) < 4.78 is 45.4. The fourth-order valence-electron chi connectivity index (χ4n) is 2.91. The van der Waals surface area contributed by atoms with Crippen LogP contribution in [0.15, 0.2) is 0 Å². The fraction of sp³-hybridized carbons (Fsp3) is 0.733. The van der Waals surface area contributed by atoms with E-state index >= 15 is 0 Å². The third-order valence-electron chi connectivity index (χ3n) is 4.12. The molecular formula is C15H21F3N4O4. The highest BCUT2D eigenvalue weighted by Crippen LogP contribution is 2.44. The molecule has 2 heterocycles. The van der Waals surface area contributed by atoms with Crippen LogP contribution in [-0.4, -0.2) is 39.4 Å². The molecule has 1 aliphatic heterocycles. The molecule has 0 spiro atoms. The minimum absolute atomic E-state index is 0.0168. The number of aromatic nitrogens is 2. The summed E-state index contributed by atoms with van der Waals surface area (Å²) in [5.74, 6) is -0.890. The SMILES string of the molecule is Cn1nc(N2CCC(C)(C(=O)OC(C)(C)C)C2)c([N+](=O)[O-])c1C(F)(F)F. The molecule has 1 aliphatic rings. The summed E-state index contributed by atoms with van der Waals surface area (Å²) in [7, 11) is 1.00. The Labute approximate surface area is 148 Å². The van der Waals surface area contributed by atoms with Crippen LogP contribution in [-0.2, 0) is 22.8 Å². The van der Waals surface area contributed by atoms with E-state index in [0.717, 1.165) is 7.05 Å². The van der Waals surface area contributed by atoms with Crippen molar-refractivity contribution in [2.75, 3.05) is 18.0 Å². The molecule has 8 nitrogen and oxygen atoms in total. The number of halogens is 3. The second-order valence-electron chi connectivity index (χ2n) is 7.63. The van der Waals surface area contributed by atoms with Gasteiger partial charge in [-0.05, 0) is 34.1 Å². The average Bonchev–Trinajstić information content (AvgIpc) is 2.98. The van der Waals surface area contributed by atoms with Gasteiger partial charge in [-0.1, -0.05) is 0 Å². The van der Waals surface area contributed by atoms with Gasteiger partial charge in [0.15, 0.2) is 0 Å². The summed E-state index contributed by atoms with van der Waals surface area (Å²) in [6.45, 7) is 6.89. The number of nitrogens with zero attached hydrogens (tertiary/aromatic N) is 4. The molecule has 0 saturated carbocycles. The van der Waals surface area contributed by atoms with Gasteiger partial charge in [-0.15, -0.1) is 5.10 Å². The summed E-state index contributed by atoms with van der Waals surface area (Å²) in [4.78, 5) is 23.9. The van der Waals surface area contributed by atoms with Crippen molar-refractivity contribution in [1.82, 2.24) is 9.78 Å². The minimum Gasteiger partial charge on any atom is -0.459 e. The molecule has 1 unspecified atom stereocenters. The molecule has 1 fully saturated rings. The third kappa shape index (κ3) is 3.75. The van der Waals surface area contributed by atoms with Crippen molar-refractivity contribution >= 4 is 17.5 Å². The Hall–Kier alpha value is -2.33. The molecule has 0 N–H and O–H groups in total. The van der Waals surface area contributed by atoms with E-state index in [0.29, 0.717) is 4.68 Å². The summed E-state index contributed by atoms with van der Waals surface area (Å²) in [5, 5.41) is 15.0. The number of alkyl halides is 3. The molecule has 1 aromatic rings. The Kier molecular flexibility index (Phi) is 4.71. The molecule has 11 heteroatoms. The third-order valence-corrected chi connectivity index (χ3v) is 4.12. The fourth-order valence-corrected chi connectivity index (χ4v) is 2.91. The number of aryl methyl sites for hydroxylation is 1. The van der Waals surface area contributed by atoms with Crippen molar-refractivity contribution in [2.24, 2.45) is 12.5 Å². The van der Waals surface area contributed by atoms with Crippen molar-refractivity contribution in [3.8, 4) is 0 Å². The maximum absolute atomic E-state index is 13.2. The van der Waals surface area contributed by atoms with Gasteiger partial charge in [0.2, 0.25) is 11.5 Å². The molecular weight excluding hydrogens is 357 g/mol. The van der Waals surface area contributed by atoms with E-state index in [2.05, 4.69) is 5.10 Å². The number of esters is 1. The lowest BCUT2D eigenvalue weighted by atomic mass is 9.90. The molecule has 1 saturated heterocycles. The molecule has 146 valence electrons. The Morgan fingerprint density at radius 2 is 1.92 bits per heavy atom. The molecule has 1 aromatic heterocycles. The number of anilines is 1. The number of carbonyl (C=O) groups is 1. The van der Waals surface area contributed by atoms with E-state index in [4.69, 9.17) is 4.74 Å². The van der Waals surface area contributed by atoms with Gasteiger partial charge in [-0.2, -0.15) is 13.2 Å². The molecule has 0 bridgehead atoms. The number of hydrogen-bond acceptors (Lipinski definition) is 6. The molecule has 2 rings (SSSR count). The van der Waals surface area contributed by atoms with E-state index in [-0.39, 0.29) is 19.5 Å². The molecule has 1 atom stereocenters. The van der Waals surface area contributed by atoms with E-state index in [1.807, 2.05) is 0 Å². The molecule has 26 heavy (non-hydrogen) atoms. The van der Waals surface area contributed by atoms with Crippen LogP contribution in [0.3, 0.4) is 0 Å². The van der Waals surface area contributed by atoms with Crippen molar-refractivity contribution in [1.29, 1.82) is 0 Å². The van der Waals surface area contributed by atoms with Gasteiger partial charge in [0.05, 0.1) is 10.3 Å². The second kappa shape index (κ2) is 6.13. The van der Waals surface area contributed by atoms with Crippen molar-refractivity contribution in [2.45, 2.75) is 45.9 Å². The zero-order valence-corrected chi connectivity index (χ0v) is 15.2. The van der Waals surface area contributed by atoms with E-state index in [1.165, 1.54) is 4.90 Å². The van der Waals surface area contributed by atoms with Crippen LogP contribution < -0.4 is 4.90 Å². The largest absolute Gasteiger partial charge is 0.459 e. The van der Waals surface area contributed by atoms with E-state index in [9.17, 15) is 28.1 Å². The molecule has 0 radical (unpaired) electrons. The zero-order chi connectivity index (χ0) is 20.1. The Bertz CT molecular complexity index is 738. The van der Waals surface area contributed by atoms with E-state index in [1.54, 1.807) is 27.7 Å².